The van der Waals surface area contributed by atoms with Crippen molar-refractivity contribution in [2.75, 3.05) is 21.5 Å². The number of sulfonamides is 1. The fraction of sp³-hybridized carbons (Fsp3) is 0.280. The highest BCUT2D eigenvalue weighted by Gasteiger charge is 2.36. The molecule has 35 heavy (non-hydrogen) atoms. The Morgan fingerprint density at radius 1 is 1.09 bits per heavy atom. The van der Waals surface area contributed by atoms with Gasteiger partial charge in [-0.15, -0.1) is 0 Å². The maximum Gasteiger partial charge on any atom is 0.264 e. The predicted octanol–water partition coefficient (Wildman–Crippen LogP) is 3.78. The number of amides is 2. The van der Waals surface area contributed by atoms with E-state index in [0.29, 0.717) is 18.2 Å². The topological polar surface area (TPSA) is 121 Å². The lowest BCUT2D eigenvalue weighted by atomic mass is 9.96. The van der Waals surface area contributed by atoms with Crippen LogP contribution in [-0.4, -0.2) is 36.7 Å². The number of hydrogen-bond acceptors (Lipinski definition) is 6. The van der Waals surface area contributed by atoms with Gasteiger partial charge in [0.05, 0.1) is 10.8 Å². The van der Waals surface area contributed by atoms with Crippen molar-refractivity contribution < 1.29 is 18.0 Å². The van der Waals surface area contributed by atoms with Crippen LogP contribution in [0.5, 0.6) is 0 Å². The van der Waals surface area contributed by atoms with Gasteiger partial charge in [-0.1, -0.05) is 32.0 Å². The van der Waals surface area contributed by atoms with E-state index < -0.39 is 15.9 Å². The molecule has 9 nitrogen and oxygen atoms in total. The van der Waals surface area contributed by atoms with Crippen molar-refractivity contribution in [1.29, 1.82) is 0 Å². The molecule has 0 aliphatic carbocycles. The molecule has 1 aliphatic rings. The van der Waals surface area contributed by atoms with E-state index in [9.17, 15) is 18.0 Å². The van der Waals surface area contributed by atoms with Gasteiger partial charge in [-0.25, -0.2) is 23.1 Å². The Morgan fingerprint density at radius 2 is 1.77 bits per heavy atom. The standard InChI is InChI=1S/C25H27N5O4S/c1-3-17(2)21-7-4-5-8-22(21)30-16-18(15-23(30)31)24(32)28-19-9-11-20(12-10-19)35(33,34)29-25-26-13-6-14-27-25/h4-14,17-18H,3,15-16H2,1-2H3,(H,28,32)(H,26,27,29)/t17-,18+/m1/s1. The van der Waals surface area contributed by atoms with E-state index in [-0.39, 0.29) is 29.1 Å². The third-order valence-electron chi connectivity index (χ3n) is 6.09. The Kier molecular flexibility index (Phi) is 7.11. The van der Waals surface area contributed by atoms with Crippen LogP contribution in [0.15, 0.2) is 71.9 Å². The average Bonchev–Trinajstić information content (AvgIpc) is 3.26. The van der Waals surface area contributed by atoms with Gasteiger partial charge in [0.1, 0.15) is 0 Å². The monoisotopic (exact) mass is 493 g/mol. The van der Waals surface area contributed by atoms with Gasteiger partial charge in [0.15, 0.2) is 0 Å². The highest BCUT2D eigenvalue weighted by Crippen LogP contribution is 2.33. The molecule has 2 amide bonds. The summed E-state index contributed by atoms with van der Waals surface area (Å²) >= 11 is 0. The van der Waals surface area contributed by atoms with Gasteiger partial charge in [-0.2, -0.15) is 0 Å². The van der Waals surface area contributed by atoms with Crippen molar-refractivity contribution in [2.24, 2.45) is 5.92 Å². The van der Waals surface area contributed by atoms with E-state index in [1.807, 2.05) is 24.3 Å². The van der Waals surface area contributed by atoms with Gasteiger partial charge in [0, 0.05) is 36.7 Å². The second kappa shape index (κ2) is 10.2. The van der Waals surface area contributed by atoms with E-state index in [0.717, 1.165) is 17.7 Å². The van der Waals surface area contributed by atoms with Gasteiger partial charge in [0.2, 0.25) is 17.8 Å². The van der Waals surface area contributed by atoms with Crippen molar-refractivity contribution in [3.8, 4) is 0 Å². The number of benzene rings is 2. The van der Waals surface area contributed by atoms with Crippen molar-refractivity contribution in [2.45, 2.75) is 37.5 Å². The number of carbonyl (C=O) groups is 2. The Labute approximate surface area is 204 Å². The molecule has 0 saturated carbocycles. The summed E-state index contributed by atoms with van der Waals surface area (Å²) in [7, 11) is -3.87. The van der Waals surface area contributed by atoms with Gasteiger partial charge >= 0.3 is 0 Å². The molecular weight excluding hydrogens is 466 g/mol. The van der Waals surface area contributed by atoms with Crippen LogP contribution in [0.4, 0.5) is 17.3 Å². The minimum absolute atomic E-state index is 0.00632. The van der Waals surface area contributed by atoms with Crippen LogP contribution in [0.2, 0.25) is 0 Å². The van der Waals surface area contributed by atoms with Crippen molar-refractivity contribution in [3.63, 3.8) is 0 Å². The van der Waals surface area contributed by atoms with Gasteiger partial charge in [0.25, 0.3) is 10.0 Å². The molecule has 4 rings (SSSR count). The number of hydrogen-bond donors (Lipinski definition) is 2. The molecule has 2 heterocycles. The number of para-hydroxylation sites is 1. The Morgan fingerprint density at radius 3 is 2.46 bits per heavy atom. The summed E-state index contributed by atoms with van der Waals surface area (Å²) < 4.78 is 27.4. The maximum absolute atomic E-state index is 12.9. The van der Waals surface area contributed by atoms with Gasteiger partial charge in [-0.05, 0) is 54.3 Å². The molecule has 0 spiro atoms. The second-order valence-corrected chi connectivity index (χ2v) is 10.1. The summed E-state index contributed by atoms with van der Waals surface area (Å²) in [5.41, 5.74) is 2.39. The third kappa shape index (κ3) is 5.48. The molecule has 0 radical (unpaired) electrons. The molecule has 1 fully saturated rings. The Balaban J connectivity index is 1.42. The van der Waals surface area contributed by atoms with Crippen LogP contribution in [0.25, 0.3) is 0 Å². The number of rotatable bonds is 8. The molecule has 0 unspecified atom stereocenters. The number of nitrogens with zero attached hydrogens (tertiary/aromatic N) is 3. The molecule has 1 saturated heterocycles. The molecule has 2 aromatic carbocycles. The lowest BCUT2D eigenvalue weighted by Gasteiger charge is -2.23. The molecule has 1 aromatic heterocycles. The summed E-state index contributed by atoms with van der Waals surface area (Å²) in [4.78, 5) is 35.1. The maximum atomic E-state index is 12.9. The molecule has 0 bridgehead atoms. The zero-order valence-electron chi connectivity index (χ0n) is 19.5. The summed E-state index contributed by atoms with van der Waals surface area (Å²) in [5.74, 6) is -0.613. The fourth-order valence-electron chi connectivity index (χ4n) is 3.98. The highest BCUT2D eigenvalue weighted by molar-refractivity contribution is 7.92. The minimum Gasteiger partial charge on any atom is -0.326 e. The van der Waals surface area contributed by atoms with E-state index in [4.69, 9.17) is 0 Å². The van der Waals surface area contributed by atoms with Gasteiger partial charge < -0.3 is 10.2 Å². The second-order valence-electron chi connectivity index (χ2n) is 8.47. The SMILES string of the molecule is CC[C@@H](C)c1ccccc1N1C[C@@H](C(=O)Nc2ccc(S(=O)(=O)Nc3ncccn3)cc2)CC1=O. The largest absolute Gasteiger partial charge is 0.326 e. The fourth-order valence-corrected chi connectivity index (χ4v) is 4.94. The van der Waals surface area contributed by atoms with Crippen molar-refractivity contribution in [1.82, 2.24) is 9.97 Å². The van der Waals surface area contributed by atoms with Crippen LogP contribution in [0, 0.1) is 5.92 Å². The van der Waals surface area contributed by atoms with E-state index in [2.05, 4.69) is 33.9 Å². The number of carbonyl (C=O) groups excluding carboxylic acids is 2. The first-order valence-electron chi connectivity index (χ1n) is 11.4. The molecule has 10 heteroatoms. The lowest BCUT2D eigenvalue weighted by molar-refractivity contribution is -0.122. The minimum atomic E-state index is -3.87. The van der Waals surface area contributed by atoms with Crippen molar-refractivity contribution in [3.05, 3.63) is 72.6 Å². The van der Waals surface area contributed by atoms with Crippen molar-refractivity contribution >= 4 is 39.2 Å². The Bertz CT molecular complexity index is 1310. The van der Waals surface area contributed by atoms with E-state index in [1.165, 1.54) is 36.7 Å². The third-order valence-corrected chi connectivity index (χ3v) is 7.43. The van der Waals surface area contributed by atoms with Crippen LogP contribution in [0.3, 0.4) is 0 Å². The van der Waals surface area contributed by atoms with Crippen LogP contribution in [-0.2, 0) is 19.6 Å². The smallest absolute Gasteiger partial charge is 0.264 e. The number of aromatic nitrogens is 2. The average molecular weight is 494 g/mol. The summed E-state index contributed by atoms with van der Waals surface area (Å²) in [5, 5.41) is 2.80. The lowest BCUT2D eigenvalue weighted by Crippen LogP contribution is -2.29. The summed E-state index contributed by atoms with van der Waals surface area (Å²) in [6.07, 6.45) is 3.93. The first-order valence-corrected chi connectivity index (χ1v) is 12.9. The molecule has 2 N–H and O–H groups in total. The zero-order valence-corrected chi connectivity index (χ0v) is 20.3. The first-order chi connectivity index (χ1) is 16.8. The molecule has 3 aromatic rings. The number of anilines is 3. The summed E-state index contributed by atoms with van der Waals surface area (Å²) in [6.45, 7) is 4.52. The molecule has 182 valence electrons. The van der Waals surface area contributed by atoms with E-state index >= 15 is 0 Å². The molecule has 2 atom stereocenters. The highest BCUT2D eigenvalue weighted by atomic mass is 32.2. The van der Waals surface area contributed by atoms with Gasteiger partial charge in [-0.3, -0.25) is 9.59 Å². The number of nitrogens with one attached hydrogen (secondary N) is 2. The predicted molar refractivity (Wildman–Crippen MR) is 134 cm³/mol. The quantitative estimate of drug-likeness (QED) is 0.493. The first kappa shape index (κ1) is 24.3. The molecular formula is C25H27N5O4S. The van der Waals surface area contributed by atoms with Crippen LogP contribution < -0.4 is 14.9 Å². The Hall–Kier alpha value is -3.79. The zero-order chi connectivity index (χ0) is 25.0. The van der Waals surface area contributed by atoms with Crippen LogP contribution in [0.1, 0.15) is 38.2 Å². The van der Waals surface area contributed by atoms with E-state index in [1.54, 1.807) is 11.0 Å². The molecule has 1 aliphatic heterocycles. The summed E-state index contributed by atoms with van der Waals surface area (Å²) in [6, 6.07) is 15.2. The van der Waals surface area contributed by atoms with Crippen LogP contribution >= 0.6 is 0 Å². The normalized spacial score (nSPS) is 16.7.